The largest absolute Gasteiger partial charge is 0.467 e. The summed E-state index contributed by atoms with van der Waals surface area (Å²) in [6, 6.07) is 12.4. The molecule has 1 unspecified atom stereocenters. The second-order valence-corrected chi connectivity index (χ2v) is 4.23. The number of rotatable bonds is 4. The minimum absolute atomic E-state index is 0.102. The monoisotopic (exact) mass is 230 g/mol. The summed E-state index contributed by atoms with van der Waals surface area (Å²) in [6.07, 6.45) is 1.70. The molecule has 0 saturated heterocycles. The van der Waals surface area contributed by atoms with Gasteiger partial charge in [0.2, 0.25) is 0 Å². The van der Waals surface area contributed by atoms with E-state index in [1.54, 1.807) is 6.26 Å². The molecule has 0 aliphatic heterocycles. The van der Waals surface area contributed by atoms with Gasteiger partial charge in [-0.3, -0.25) is 0 Å². The van der Waals surface area contributed by atoms with Crippen molar-refractivity contribution in [2.24, 2.45) is 0 Å². The standard InChI is InChI=1S/C14H18N2O/c1-15-14(13-8-5-9-17-13)11-6-4-7-12(10-11)16(2)3/h4-10,14-15H,1-3H3. The van der Waals surface area contributed by atoms with E-state index in [-0.39, 0.29) is 6.04 Å². The molecule has 0 spiro atoms. The van der Waals surface area contributed by atoms with E-state index in [1.165, 1.54) is 11.3 Å². The number of benzene rings is 1. The highest BCUT2D eigenvalue weighted by Crippen LogP contribution is 2.25. The predicted molar refractivity (Wildman–Crippen MR) is 70.4 cm³/mol. The smallest absolute Gasteiger partial charge is 0.125 e. The van der Waals surface area contributed by atoms with Crippen molar-refractivity contribution in [1.82, 2.24) is 5.32 Å². The number of nitrogens with zero attached hydrogens (tertiary/aromatic N) is 1. The maximum Gasteiger partial charge on any atom is 0.125 e. The van der Waals surface area contributed by atoms with Crippen LogP contribution in [0.4, 0.5) is 5.69 Å². The fourth-order valence-corrected chi connectivity index (χ4v) is 1.91. The molecule has 90 valence electrons. The van der Waals surface area contributed by atoms with Crippen molar-refractivity contribution in [1.29, 1.82) is 0 Å². The Kier molecular flexibility index (Phi) is 3.49. The molecule has 1 aromatic carbocycles. The van der Waals surface area contributed by atoms with E-state index in [0.29, 0.717) is 0 Å². The molecule has 1 N–H and O–H groups in total. The SMILES string of the molecule is CNC(c1cccc(N(C)C)c1)c1ccco1. The number of anilines is 1. The fraction of sp³-hybridized carbons (Fsp3) is 0.286. The second-order valence-electron chi connectivity index (χ2n) is 4.23. The van der Waals surface area contributed by atoms with Gasteiger partial charge >= 0.3 is 0 Å². The molecule has 1 atom stereocenters. The molecule has 0 aliphatic rings. The summed E-state index contributed by atoms with van der Waals surface area (Å²) in [7, 11) is 6.02. The Morgan fingerprint density at radius 3 is 2.59 bits per heavy atom. The molecule has 2 rings (SSSR count). The van der Waals surface area contributed by atoms with Crippen LogP contribution in [0.15, 0.2) is 47.1 Å². The van der Waals surface area contributed by atoms with Gasteiger partial charge in [0.15, 0.2) is 0 Å². The average Bonchev–Trinajstić information content (AvgIpc) is 2.84. The van der Waals surface area contributed by atoms with E-state index in [4.69, 9.17) is 4.42 Å². The van der Waals surface area contributed by atoms with Crippen molar-refractivity contribution in [3.63, 3.8) is 0 Å². The quantitative estimate of drug-likeness (QED) is 0.875. The average molecular weight is 230 g/mol. The van der Waals surface area contributed by atoms with E-state index in [1.807, 2.05) is 33.3 Å². The summed E-state index contributed by atoms with van der Waals surface area (Å²) in [5.74, 6) is 0.934. The van der Waals surface area contributed by atoms with Crippen molar-refractivity contribution in [3.05, 3.63) is 54.0 Å². The third-order valence-electron chi connectivity index (χ3n) is 2.84. The summed E-state index contributed by atoms with van der Waals surface area (Å²) < 4.78 is 5.47. The summed E-state index contributed by atoms with van der Waals surface area (Å²) in [4.78, 5) is 2.10. The second kappa shape index (κ2) is 5.06. The van der Waals surface area contributed by atoms with Crippen LogP contribution < -0.4 is 10.2 Å². The third-order valence-corrected chi connectivity index (χ3v) is 2.84. The van der Waals surface area contributed by atoms with Gasteiger partial charge in [-0.1, -0.05) is 12.1 Å². The van der Waals surface area contributed by atoms with Crippen LogP contribution in [0.25, 0.3) is 0 Å². The molecule has 3 heteroatoms. The first-order valence-electron chi connectivity index (χ1n) is 5.70. The van der Waals surface area contributed by atoms with Crippen LogP contribution in [0.1, 0.15) is 17.4 Å². The Balaban J connectivity index is 2.34. The van der Waals surface area contributed by atoms with E-state index < -0.39 is 0 Å². The highest BCUT2D eigenvalue weighted by atomic mass is 16.3. The van der Waals surface area contributed by atoms with E-state index in [2.05, 4.69) is 34.5 Å². The van der Waals surface area contributed by atoms with Crippen LogP contribution >= 0.6 is 0 Å². The number of furan rings is 1. The highest BCUT2D eigenvalue weighted by molar-refractivity contribution is 5.48. The van der Waals surface area contributed by atoms with Crippen LogP contribution in [0.2, 0.25) is 0 Å². The van der Waals surface area contributed by atoms with Gasteiger partial charge in [-0.05, 0) is 36.9 Å². The fourth-order valence-electron chi connectivity index (χ4n) is 1.91. The highest BCUT2D eigenvalue weighted by Gasteiger charge is 2.14. The molecule has 3 nitrogen and oxygen atoms in total. The number of hydrogen-bond acceptors (Lipinski definition) is 3. The van der Waals surface area contributed by atoms with Crippen molar-refractivity contribution in [3.8, 4) is 0 Å². The summed E-state index contributed by atoms with van der Waals surface area (Å²) in [5, 5.41) is 3.27. The first kappa shape index (κ1) is 11.7. The van der Waals surface area contributed by atoms with Gasteiger partial charge in [0.1, 0.15) is 5.76 Å². The third kappa shape index (κ3) is 2.50. The Labute approximate surface area is 102 Å². The predicted octanol–water partition coefficient (Wildman–Crippen LogP) is 2.65. The molecular weight excluding hydrogens is 212 g/mol. The summed E-state index contributed by atoms with van der Waals surface area (Å²) >= 11 is 0. The lowest BCUT2D eigenvalue weighted by Gasteiger charge is -2.18. The zero-order chi connectivity index (χ0) is 12.3. The van der Waals surface area contributed by atoms with E-state index in [9.17, 15) is 0 Å². The maximum absolute atomic E-state index is 5.47. The topological polar surface area (TPSA) is 28.4 Å². The molecule has 2 aromatic rings. The van der Waals surface area contributed by atoms with Crippen molar-refractivity contribution in [2.45, 2.75) is 6.04 Å². The van der Waals surface area contributed by atoms with Crippen molar-refractivity contribution >= 4 is 5.69 Å². The molecule has 1 aromatic heterocycles. The van der Waals surface area contributed by atoms with Gasteiger partial charge in [0.05, 0.1) is 12.3 Å². The Hall–Kier alpha value is -1.74. The van der Waals surface area contributed by atoms with Crippen LogP contribution in [-0.4, -0.2) is 21.1 Å². The van der Waals surface area contributed by atoms with Gasteiger partial charge < -0.3 is 14.6 Å². The van der Waals surface area contributed by atoms with Gasteiger partial charge in [-0.25, -0.2) is 0 Å². The molecule has 1 heterocycles. The van der Waals surface area contributed by atoms with Crippen LogP contribution in [-0.2, 0) is 0 Å². The zero-order valence-corrected chi connectivity index (χ0v) is 10.5. The molecule has 0 fully saturated rings. The van der Waals surface area contributed by atoms with Crippen LogP contribution in [0.3, 0.4) is 0 Å². The van der Waals surface area contributed by atoms with Crippen molar-refractivity contribution < 1.29 is 4.42 Å². The molecule has 0 aliphatic carbocycles. The molecule has 17 heavy (non-hydrogen) atoms. The molecule has 0 bridgehead atoms. The summed E-state index contributed by atoms with van der Waals surface area (Å²) in [5.41, 5.74) is 2.39. The maximum atomic E-state index is 5.47. The Morgan fingerprint density at radius 2 is 2.00 bits per heavy atom. The summed E-state index contributed by atoms with van der Waals surface area (Å²) in [6.45, 7) is 0. The van der Waals surface area contributed by atoms with Crippen molar-refractivity contribution in [2.75, 3.05) is 26.0 Å². The molecule has 0 radical (unpaired) electrons. The van der Waals surface area contributed by atoms with Gasteiger partial charge in [-0.2, -0.15) is 0 Å². The van der Waals surface area contributed by atoms with E-state index >= 15 is 0 Å². The number of nitrogens with one attached hydrogen (secondary N) is 1. The Morgan fingerprint density at radius 1 is 1.18 bits per heavy atom. The van der Waals surface area contributed by atoms with E-state index in [0.717, 1.165) is 5.76 Å². The van der Waals surface area contributed by atoms with Gasteiger partial charge in [0.25, 0.3) is 0 Å². The molecular formula is C14H18N2O. The first-order valence-corrected chi connectivity index (χ1v) is 5.70. The van der Waals surface area contributed by atoms with Crippen LogP contribution in [0.5, 0.6) is 0 Å². The normalized spacial score (nSPS) is 12.4. The lowest BCUT2D eigenvalue weighted by molar-refractivity contribution is 0.463. The first-order chi connectivity index (χ1) is 8.22. The minimum Gasteiger partial charge on any atom is -0.467 e. The van der Waals surface area contributed by atoms with Gasteiger partial charge in [-0.15, -0.1) is 0 Å². The minimum atomic E-state index is 0.102. The molecule has 0 saturated carbocycles. The lowest BCUT2D eigenvalue weighted by atomic mass is 10.0. The van der Waals surface area contributed by atoms with Crippen LogP contribution in [0, 0.1) is 0 Å². The van der Waals surface area contributed by atoms with Gasteiger partial charge in [0, 0.05) is 19.8 Å². The Bertz CT molecular complexity index is 463. The zero-order valence-electron chi connectivity index (χ0n) is 10.5. The molecule has 0 amide bonds. The number of hydrogen-bond donors (Lipinski definition) is 1. The lowest BCUT2D eigenvalue weighted by Crippen LogP contribution is -2.17.